The van der Waals surface area contributed by atoms with Gasteiger partial charge in [-0.3, -0.25) is 5.32 Å². The van der Waals surface area contributed by atoms with Gasteiger partial charge in [0.05, 0.1) is 12.6 Å². The molecular weight excluding hydrogens is 262 g/mol. The SMILES string of the molecule is Cc1cnc(NC(=O)NC(CO)c2ccccc2)s1. The van der Waals surface area contributed by atoms with E-state index in [0.29, 0.717) is 5.13 Å². The largest absolute Gasteiger partial charge is 0.394 e. The Bertz CT molecular complexity index is 542. The minimum atomic E-state index is -0.428. The van der Waals surface area contributed by atoms with Gasteiger partial charge in [-0.1, -0.05) is 30.3 Å². The molecule has 2 amide bonds. The van der Waals surface area contributed by atoms with Crippen molar-refractivity contribution in [3.8, 4) is 0 Å². The van der Waals surface area contributed by atoms with Gasteiger partial charge in [0.2, 0.25) is 0 Å². The first-order valence-corrected chi connectivity index (χ1v) is 6.66. The van der Waals surface area contributed by atoms with E-state index in [1.54, 1.807) is 6.20 Å². The molecule has 2 rings (SSSR count). The summed E-state index contributed by atoms with van der Waals surface area (Å²) in [6, 6.07) is 8.52. The summed E-state index contributed by atoms with van der Waals surface area (Å²) in [5, 5.41) is 15.2. The number of nitrogens with zero attached hydrogens (tertiary/aromatic N) is 1. The van der Waals surface area contributed by atoms with E-state index in [0.717, 1.165) is 10.4 Å². The van der Waals surface area contributed by atoms with Gasteiger partial charge in [0.25, 0.3) is 0 Å². The van der Waals surface area contributed by atoms with Crippen molar-refractivity contribution in [2.45, 2.75) is 13.0 Å². The zero-order chi connectivity index (χ0) is 13.7. The molecule has 1 aromatic carbocycles. The normalized spacial score (nSPS) is 11.9. The number of hydrogen-bond acceptors (Lipinski definition) is 4. The monoisotopic (exact) mass is 277 g/mol. The Kier molecular flexibility index (Phi) is 4.48. The topological polar surface area (TPSA) is 74.2 Å². The van der Waals surface area contributed by atoms with Gasteiger partial charge in [-0.15, -0.1) is 11.3 Å². The van der Waals surface area contributed by atoms with Gasteiger partial charge in [0.15, 0.2) is 5.13 Å². The lowest BCUT2D eigenvalue weighted by molar-refractivity contribution is 0.225. The molecule has 5 nitrogen and oxygen atoms in total. The maximum atomic E-state index is 11.8. The lowest BCUT2D eigenvalue weighted by Gasteiger charge is -2.16. The molecule has 100 valence electrons. The van der Waals surface area contributed by atoms with Gasteiger partial charge >= 0.3 is 6.03 Å². The molecule has 1 unspecified atom stereocenters. The van der Waals surface area contributed by atoms with Crippen LogP contribution in [0.4, 0.5) is 9.93 Å². The molecule has 6 heteroatoms. The summed E-state index contributed by atoms with van der Waals surface area (Å²) in [5.74, 6) is 0. The molecule has 0 saturated carbocycles. The molecular formula is C13H15N3O2S. The first-order valence-electron chi connectivity index (χ1n) is 5.85. The van der Waals surface area contributed by atoms with E-state index in [-0.39, 0.29) is 12.6 Å². The summed E-state index contributed by atoms with van der Waals surface area (Å²) in [6.07, 6.45) is 1.70. The van der Waals surface area contributed by atoms with E-state index in [1.807, 2.05) is 37.3 Å². The summed E-state index contributed by atoms with van der Waals surface area (Å²) in [5.41, 5.74) is 0.857. The van der Waals surface area contributed by atoms with Crippen LogP contribution in [0.15, 0.2) is 36.5 Å². The third-order valence-corrected chi connectivity index (χ3v) is 3.36. The van der Waals surface area contributed by atoms with Gasteiger partial charge in [0, 0.05) is 11.1 Å². The molecule has 0 aliphatic heterocycles. The number of amides is 2. The van der Waals surface area contributed by atoms with Gasteiger partial charge in [-0.25, -0.2) is 9.78 Å². The Morgan fingerprint density at radius 1 is 1.42 bits per heavy atom. The van der Waals surface area contributed by atoms with Crippen molar-refractivity contribution in [2.75, 3.05) is 11.9 Å². The number of aryl methyl sites for hydroxylation is 1. The van der Waals surface area contributed by atoms with E-state index in [1.165, 1.54) is 11.3 Å². The van der Waals surface area contributed by atoms with Gasteiger partial charge in [-0.05, 0) is 12.5 Å². The predicted molar refractivity (Wildman–Crippen MR) is 75.3 cm³/mol. The first-order chi connectivity index (χ1) is 9.19. The Hall–Kier alpha value is -1.92. The van der Waals surface area contributed by atoms with Crippen LogP contribution >= 0.6 is 11.3 Å². The standard InChI is InChI=1S/C13H15N3O2S/c1-9-7-14-13(19-9)16-12(18)15-11(8-17)10-5-3-2-4-6-10/h2-7,11,17H,8H2,1H3,(H2,14,15,16,18). The second-order valence-corrected chi connectivity index (χ2v) is 5.26. The number of carbonyl (C=O) groups is 1. The number of benzene rings is 1. The van der Waals surface area contributed by atoms with E-state index in [9.17, 15) is 9.90 Å². The number of nitrogens with one attached hydrogen (secondary N) is 2. The summed E-state index contributed by atoms with van der Waals surface area (Å²) < 4.78 is 0. The fourth-order valence-electron chi connectivity index (χ4n) is 1.62. The highest BCUT2D eigenvalue weighted by Crippen LogP contribution is 2.17. The van der Waals surface area contributed by atoms with Crippen molar-refractivity contribution >= 4 is 22.5 Å². The number of urea groups is 1. The van der Waals surface area contributed by atoms with Crippen molar-refractivity contribution < 1.29 is 9.90 Å². The van der Waals surface area contributed by atoms with Crippen molar-refractivity contribution in [3.05, 3.63) is 47.0 Å². The lowest BCUT2D eigenvalue weighted by Crippen LogP contribution is -2.34. The molecule has 0 aliphatic rings. The summed E-state index contributed by atoms with van der Waals surface area (Å²) in [7, 11) is 0. The van der Waals surface area contributed by atoms with Crippen LogP contribution in [0, 0.1) is 6.92 Å². The lowest BCUT2D eigenvalue weighted by atomic mass is 10.1. The van der Waals surface area contributed by atoms with Crippen LogP contribution in [0.5, 0.6) is 0 Å². The Morgan fingerprint density at radius 2 is 2.16 bits per heavy atom. The molecule has 0 bridgehead atoms. The number of hydrogen-bond donors (Lipinski definition) is 3. The zero-order valence-electron chi connectivity index (χ0n) is 10.5. The smallest absolute Gasteiger partial charge is 0.321 e. The van der Waals surface area contributed by atoms with E-state index in [2.05, 4.69) is 15.6 Å². The van der Waals surface area contributed by atoms with E-state index < -0.39 is 6.04 Å². The Balaban J connectivity index is 1.97. The third-order valence-electron chi connectivity index (χ3n) is 2.53. The molecule has 0 fully saturated rings. The van der Waals surface area contributed by atoms with Gasteiger partial charge in [0.1, 0.15) is 0 Å². The molecule has 1 aromatic heterocycles. The van der Waals surface area contributed by atoms with Crippen LogP contribution in [-0.4, -0.2) is 22.7 Å². The molecule has 19 heavy (non-hydrogen) atoms. The number of anilines is 1. The maximum Gasteiger partial charge on any atom is 0.321 e. The average Bonchev–Trinajstić information content (AvgIpc) is 2.82. The number of carbonyl (C=O) groups excluding carboxylic acids is 1. The van der Waals surface area contributed by atoms with Crippen LogP contribution in [0.25, 0.3) is 0 Å². The number of aliphatic hydroxyl groups excluding tert-OH is 1. The van der Waals surface area contributed by atoms with Crippen molar-refractivity contribution in [2.24, 2.45) is 0 Å². The van der Waals surface area contributed by atoms with E-state index in [4.69, 9.17) is 0 Å². The highest BCUT2D eigenvalue weighted by Gasteiger charge is 2.13. The molecule has 1 heterocycles. The highest BCUT2D eigenvalue weighted by atomic mass is 32.1. The number of rotatable bonds is 4. The maximum absolute atomic E-state index is 11.8. The number of aromatic nitrogens is 1. The molecule has 0 spiro atoms. The quantitative estimate of drug-likeness (QED) is 0.803. The Morgan fingerprint density at radius 3 is 2.74 bits per heavy atom. The Labute approximate surface area is 115 Å². The third kappa shape index (κ3) is 3.77. The van der Waals surface area contributed by atoms with Crippen molar-refractivity contribution in [3.63, 3.8) is 0 Å². The minimum absolute atomic E-state index is 0.158. The van der Waals surface area contributed by atoms with Crippen LogP contribution in [0.1, 0.15) is 16.5 Å². The van der Waals surface area contributed by atoms with Gasteiger partial charge < -0.3 is 10.4 Å². The minimum Gasteiger partial charge on any atom is -0.394 e. The van der Waals surface area contributed by atoms with E-state index >= 15 is 0 Å². The first kappa shape index (κ1) is 13.5. The van der Waals surface area contributed by atoms with Crippen LogP contribution in [0.3, 0.4) is 0 Å². The fourth-order valence-corrected chi connectivity index (χ4v) is 2.28. The average molecular weight is 277 g/mol. The molecule has 2 aromatic rings. The van der Waals surface area contributed by atoms with Crippen molar-refractivity contribution in [1.82, 2.24) is 10.3 Å². The zero-order valence-corrected chi connectivity index (χ0v) is 11.3. The number of aliphatic hydroxyl groups is 1. The molecule has 0 saturated heterocycles. The summed E-state index contributed by atoms with van der Waals surface area (Å²) >= 11 is 1.40. The van der Waals surface area contributed by atoms with Crippen LogP contribution in [0.2, 0.25) is 0 Å². The summed E-state index contributed by atoms with van der Waals surface area (Å²) in [4.78, 5) is 16.9. The second kappa shape index (κ2) is 6.31. The van der Waals surface area contributed by atoms with Gasteiger partial charge in [-0.2, -0.15) is 0 Å². The molecule has 3 N–H and O–H groups in total. The second-order valence-electron chi connectivity index (χ2n) is 4.02. The van der Waals surface area contributed by atoms with Crippen LogP contribution < -0.4 is 10.6 Å². The molecule has 1 atom stereocenters. The number of thiazole rings is 1. The van der Waals surface area contributed by atoms with Crippen molar-refractivity contribution in [1.29, 1.82) is 0 Å². The fraction of sp³-hybridized carbons (Fsp3) is 0.231. The molecule has 0 aliphatic carbocycles. The molecule has 0 radical (unpaired) electrons. The summed E-state index contributed by atoms with van der Waals surface area (Å²) in [6.45, 7) is 1.76. The highest BCUT2D eigenvalue weighted by molar-refractivity contribution is 7.15. The van der Waals surface area contributed by atoms with Crippen LogP contribution in [-0.2, 0) is 0 Å². The predicted octanol–water partition coefficient (Wildman–Crippen LogP) is 2.31.